The number of benzene rings is 2. The lowest BCUT2D eigenvalue weighted by Crippen LogP contribution is -2.13. The largest absolute Gasteiger partial charge is 0.497 e. The SMILES string of the molecule is COc1ccc(Br)c(C(O)c2ccccc2C(F)(F)F)c1. The van der Waals surface area contributed by atoms with Crippen molar-refractivity contribution < 1.29 is 23.0 Å². The molecule has 0 heterocycles. The Kier molecular flexibility index (Phi) is 4.58. The standard InChI is InChI=1S/C15H12BrF3O2/c1-21-9-6-7-13(16)11(8-9)14(20)10-4-2-3-5-12(10)15(17,18)19/h2-8,14,20H,1H3. The van der Waals surface area contributed by atoms with Crippen molar-refractivity contribution >= 4 is 15.9 Å². The third-order valence-corrected chi connectivity index (χ3v) is 3.78. The van der Waals surface area contributed by atoms with E-state index in [2.05, 4.69) is 15.9 Å². The molecular formula is C15H12BrF3O2. The van der Waals surface area contributed by atoms with Crippen LogP contribution in [0.15, 0.2) is 46.9 Å². The van der Waals surface area contributed by atoms with Crippen molar-refractivity contribution in [2.24, 2.45) is 0 Å². The molecule has 21 heavy (non-hydrogen) atoms. The third kappa shape index (κ3) is 3.39. The minimum Gasteiger partial charge on any atom is -0.497 e. The number of hydrogen-bond acceptors (Lipinski definition) is 2. The minimum absolute atomic E-state index is 0.195. The smallest absolute Gasteiger partial charge is 0.416 e. The summed E-state index contributed by atoms with van der Waals surface area (Å²) in [5.74, 6) is 0.455. The maximum absolute atomic E-state index is 13.0. The molecule has 2 rings (SSSR count). The number of ether oxygens (including phenoxy) is 1. The highest BCUT2D eigenvalue weighted by Crippen LogP contribution is 2.38. The first-order valence-corrected chi connectivity index (χ1v) is 6.81. The molecular weight excluding hydrogens is 349 g/mol. The van der Waals surface area contributed by atoms with Crippen molar-refractivity contribution in [3.8, 4) is 5.75 Å². The van der Waals surface area contributed by atoms with E-state index in [1.54, 1.807) is 12.1 Å². The van der Waals surface area contributed by atoms with Crippen molar-refractivity contribution in [2.45, 2.75) is 12.3 Å². The van der Waals surface area contributed by atoms with E-state index in [1.165, 1.54) is 31.4 Å². The summed E-state index contributed by atoms with van der Waals surface area (Å²) in [6.07, 6.45) is -5.93. The minimum atomic E-state index is -4.52. The Hall–Kier alpha value is -1.53. The zero-order valence-corrected chi connectivity index (χ0v) is 12.6. The molecule has 0 aliphatic heterocycles. The first-order chi connectivity index (χ1) is 9.84. The van der Waals surface area contributed by atoms with E-state index in [0.717, 1.165) is 6.07 Å². The van der Waals surface area contributed by atoms with Gasteiger partial charge in [-0.3, -0.25) is 0 Å². The Morgan fingerprint density at radius 3 is 2.38 bits per heavy atom. The molecule has 2 aromatic carbocycles. The number of aliphatic hydroxyl groups excluding tert-OH is 1. The molecule has 0 fully saturated rings. The van der Waals surface area contributed by atoms with Crippen LogP contribution in [-0.2, 0) is 6.18 Å². The van der Waals surface area contributed by atoms with Gasteiger partial charge in [0.25, 0.3) is 0 Å². The zero-order chi connectivity index (χ0) is 15.6. The van der Waals surface area contributed by atoms with Gasteiger partial charge in [0.05, 0.1) is 12.7 Å². The molecule has 0 radical (unpaired) electrons. The second kappa shape index (κ2) is 6.07. The molecule has 2 nitrogen and oxygen atoms in total. The molecule has 0 amide bonds. The molecule has 6 heteroatoms. The van der Waals surface area contributed by atoms with Crippen LogP contribution in [0.5, 0.6) is 5.75 Å². The van der Waals surface area contributed by atoms with Gasteiger partial charge in [-0.15, -0.1) is 0 Å². The normalized spacial score (nSPS) is 13.0. The molecule has 0 bridgehead atoms. The number of hydrogen-bond donors (Lipinski definition) is 1. The molecule has 1 unspecified atom stereocenters. The Morgan fingerprint density at radius 2 is 1.76 bits per heavy atom. The molecule has 0 aliphatic rings. The molecule has 0 aliphatic carbocycles. The van der Waals surface area contributed by atoms with Crippen LogP contribution in [0, 0.1) is 0 Å². The van der Waals surface area contributed by atoms with Crippen molar-refractivity contribution in [2.75, 3.05) is 7.11 Å². The van der Waals surface area contributed by atoms with Crippen LogP contribution < -0.4 is 4.74 Å². The highest BCUT2D eigenvalue weighted by atomic mass is 79.9. The molecule has 0 saturated carbocycles. The number of alkyl halides is 3. The zero-order valence-electron chi connectivity index (χ0n) is 11.0. The van der Waals surface area contributed by atoms with Crippen LogP contribution in [0.2, 0.25) is 0 Å². The monoisotopic (exact) mass is 360 g/mol. The fourth-order valence-corrected chi connectivity index (χ4v) is 2.48. The van der Waals surface area contributed by atoms with Crippen molar-refractivity contribution in [1.82, 2.24) is 0 Å². The lowest BCUT2D eigenvalue weighted by Gasteiger charge is -2.19. The van der Waals surface area contributed by atoms with Gasteiger partial charge in [-0.2, -0.15) is 13.2 Å². The van der Waals surface area contributed by atoms with Crippen molar-refractivity contribution in [3.63, 3.8) is 0 Å². The van der Waals surface area contributed by atoms with Crippen molar-refractivity contribution in [3.05, 3.63) is 63.6 Å². The number of halogens is 4. The third-order valence-electron chi connectivity index (χ3n) is 3.06. The second-order valence-electron chi connectivity index (χ2n) is 4.37. The maximum Gasteiger partial charge on any atom is 0.416 e. The van der Waals surface area contributed by atoms with Crippen LogP contribution in [0.1, 0.15) is 22.8 Å². The predicted octanol–water partition coefficient (Wildman–Crippen LogP) is 4.56. The fourth-order valence-electron chi connectivity index (χ4n) is 2.02. The second-order valence-corrected chi connectivity index (χ2v) is 5.23. The molecule has 2 aromatic rings. The van der Waals surface area contributed by atoms with Gasteiger partial charge in [-0.1, -0.05) is 34.1 Å². The van der Waals surface area contributed by atoms with E-state index >= 15 is 0 Å². The predicted molar refractivity (Wildman–Crippen MR) is 76.2 cm³/mol. The number of aliphatic hydroxyl groups is 1. The lowest BCUT2D eigenvalue weighted by molar-refractivity contribution is -0.139. The van der Waals surface area contributed by atoms with E-state index in [9.17, 15) is 18.3 Å². The highest BCUT2D eigenvalue weighted by Gasteiger charge is 2.35. The molecule has 1 N–H and O–H groups in total. The average Bonchev–Trinajstić information content (AvgIpc) is 2.46. The summed E-state index contributed by atoms with van der Waals surface area (Å²) < 4.78 is 44.6. The summed E-state index contributed by atoms with van der Waals surface area (Å²) in [6.45, 7) is 0. The fraction of sp³-hybridized carbons (Fsp3) is 0.200. The Bertz CT molecular complexity index is 641. The van der Waals surface area contributed by atoms with Crippen molar-refractivity contribution in [1.29, 1.82) is 0 Å². The van der Waals surface area contributed by atoms with Gasteiger partial charge in [0.1, 0.15) is 11.9 Å². The van der Waals surface area contributed by atoms with E-state index in [1.807, 2.05) is 0 Å². The van der Waals surface area contributed by atoms with Gasteiger partial charge in [-0.05, 0) is 29.8 Å². The van der Waals surface area contributed by atoms with Crippen LogP contribution in [0.25, 0.3) is 0 Å². The summed E-state index contributed by atoms with van der Waals surface area (Å²) in [5, 5.41) is 10.4. The van der Waals surface area contributed by atoms with Gasteiger partial charge < -0.3 is 9.84 Å². The van der Waals surface area contributed by atoms with Gasteiger partial charge >= 0.3 is 6.18 Å². The Morgan fingerprint density at radius 1 is 1.10 bits per heavy atom. The molecule has 0 aromatic heterocycles. The van der Waals surface area contributed by atoms with Crippen LogP contribution in [-0.4, -0.2) is 12.2 Å². The Balaban J connectivity index is 2.53. The molecule has 112 valence electrons. The Labute approximate surface area is 128 Å². The topological polar surface area (TPSA) is 29.5 Å². The van der Waals surface area contributed by atoms with E-state index < -0.39 is 17.8 Å². The summed E-state index contributed by atoms with van der Waals surface area (Å²) in [6, 6.07) is 9.74. The lowest BCUT2D eigenvalue weighted by atomic mass is 9.96. The van der Waals surface area contributed by atoms with E-state index in [0.29, 0.717) is 15.8 Å². The summed E-state index contributed by atoms with van der Waals surface area (Å²) >= 11 is 3.24. The van der Waals surface area contributed by atoms with Gasteiger partial charge in [0.15, 0.2) is 0 Å². The molecule has 0 saturated heterocycles. The molecule has 0 spiro atoms. The van der Waals surface area contributed by atoms with Crippen LogP contribution >= 0.6 is 15.9 Å². The quantitative estimate of drug-likeness (QED) is 0.869. The highest BCUT2D eigenvalue weighted by molar-refractivity contribution is 9.10. The first kappa shape index (κ1) is 15.9. The summed E-state index contributed by atoms with van der Waals surface area (Å²) in [4.78, 5) is 0. The number of rotatable bonds is 3. The van der Waals surface area contributed by atoms with Crippen LogP contribution in [0.3, 0.4) is 0 Å². The van der Waals surface area contributed by atoms with Gasteiger partial charge in [0, 0.05) is 10.0 Å². The average molecular weight is 361 g/mol. The van der Waals surface area contributed by atoms with E-state index in [-0.39, 0.29) is 5.56 Å². The summed E-state index contributed by atoms with van der Waals surface area (Å²) in [5.41, 5.74) is -0.739. The number of methoxy groups -OCH3 is 1. The first-order valence-electron chi connectivity index (χ1n) is 6.02. The van der Waals surface area contributed by atoms with Gasteiger partial charge in [-0.25, -0.2) is 0 Å². The van der Waals surface area contributed by atoms with E-state index in [4.69, 9.17) is 4.74 Å². The maximum atomic E-state index is 13.0. The van der Waals surface area contributed by atoms with Crippen LogP contribution in [0.4, 0.5) is 13.2 Å². The van der Waals surface area contributed by atoms with Gasteiger partial charge in [0.2, 0.25) is 0 Å². The molecule has 1 atom stereocenters. The summed E-state index contributed by atoms with van der Waals surface area (Å²) in [7, 11) is 1.45.